The van der Waals surface area contributed by atoms with Gasteiger partial charge < -0.3 is 9.88 Å². The molecule has 0 aliphatic carbocycles. The minimum Gasteiger partial charge on any atom is -0.348 e. The van der Waals surface area contributed by atoms with Crippen LogP contribution in [-0.2, 0) is 6.54 Å². The highest BCUT2D eigenvalue weighted by molar-refractivity contribution is 6.05. The summed E-state index contributed by atoms with van der Waals surface area (Å²) in [4.78, 5) is 25.1. The van der Waals surface area contributed by atoms with Gasteiger partial charge in [0.15, 0.2) is 5.43 Å². The largest absolute Gasteiger partial charge is 0.348 e. The Morgan fingerprint density at radius 1 is 1.12 bits per heavy atom. The predicted octanol–water partition coefficient (Wildman–Crippen LogP) is 4.22. The van der Waals surface area contributed by atoms with Crippen molar-refractivity contribution in [3.8, 4) is 0 Å². The number of benzene rings is 1. The van der Waals surface area contributed by atoms with Crippen LogP contribution >= 0.6 is 0 Å². The molecule has 0 bridgehead atoms. The van der Waals surface area contributed by atoms with Gasteiger partial charge >= 0.3 is 0 Å². The maximum absolute atomic E-state index is 12.7. The third kappa shape index (κ3) is 3.94. The Balaban J connectivity index is 2.35. The maximum atomic E-state index is 12.7. The van der Waals surface area contributed by atoms with Gasteiger partial charge in [0.05, 0.1) is 0 Å². The van der Waals surface area contributed by atoms with Crippen LogP contribution in [0.1, 0.15) is 53.5 Å². The number of unbranched alkanes of at least 4 members (excludes halogenated alkanes) is 2. The molecule has 0 spiro atoms. The zero-order valence-electron chi connectivity index (χ0n) is 15.0. The van der Waals surface area contributed by atoms with Crippen molar-refractivity contribution in [2.75, 3.05) is 5.32 Å². The zero-order chi connectivity index (χ0) is 17.7. The molecule has 0 fully saturated rings. The first kappa shape index (κ1) is 18.0. The quantitative estimate of drug-likeness (QED) is 0.808. The minimum absolute atomic E-state index is 0.220. The number of amides is 1. The summed E-state index contributed by atoms with van der Waals surface area (Å²) in [5.74, 6) is -0.337. The maximum Gasteiger partial charge on any atom is 0.261 e. The molecule has 0 unspecified atom stereocenters. The molecule has 0 aliphatic heterocycles. The first-order valence-corrected chi connectivity index (χ1v) is 8.53. The number of carbonyl (C=O) groups is 1. The summed E-state index contributed by atoms with van der Waals surface area (Å²) in [5, 5.41) is 2.87. The number of pyridine rings is 1. The number of para-hydroxylation sites is 1. The van der Waals surface area contributed by atoms with Crippen LogP contribution in [0.25, 0.3) is 0 Å². The van der Waals surface area contributed by atoms with Crippen LogP contribution < -0.4 is 10.7 Å². The van der Waals surface area contributed by atoms with Crippen molar-refractivity contribution in [2.45, 2.75) is 53.5 Å². The molecule has 1 N–H and O–H groups in total. The van der Waals surface area contributed by atoms with E-state index in [1.165, 1.54) is 0 Å². The lowest BCUT2D eigenvalue weighted by molar-refractivity contribution is 0.102. The second-order valence-corrected chi connectivity index (χ2v) is 6.24. The van der Waals surface area contributed by atoms with Crippen LogP contribution in [0.4, 0.5) is 5.69 Å². The van der Waals surface area contributed by atoms with Gasteiger partial charge in [0, 0.05) is 29.7 Å². The molecule has 2 aromatic rings. The normalized spacial score (nSPS) is 10.7. The Bertz CT molecular complexity index is 791. The Morgan fingerprint density at radius 3 is 2.50 bits per heavy atom. The summed E-state index contributed by atoms with van der Waals surface area (Å²) in [7, 11) is 0. The SMILES string of the molecule is CCCCCn1c(C)cc(=O)c(C(=O)Nc2ccccc2C)c1C. The second-order valence-electron chi connectivity index (χ2n) is 6.24. The van der Waals surface area contributed by atoms with E-state index in [1.807, 2.05) is 45.0 Å². The van der Waals surface area contributed by atoms with Crippen LogP contribution in [0, 0.1) is 20.8 Å². The highest BCUT2D eigenvalue weighted by Crippen LogP contribution is 2.16. The van der Waals surface area contributed by atoms with Crippen molar-refractivity contribution in [3.05, 3.63) is 63.1 Å². The number of aryl methyl sites for hydroxylation is 2. The number of hydrogen-bond donors (Lipinski definition) is 1. The van der Waals surface area contributed by atoms with E-state index in [9.17, 15) is 9.59 Å². The van der Waals surface area contributed by atoms with Crippen molar-refractivity contribution >= 4 is 11.6 Å². The third-order valence-corrected chi connectivity index (χ3v) is 4.38. The third-order valence-electron chi connectivity index (χ3n) is 4.38. The molecule has 128 valence electrons. The molecule has 0 saturated heterocycles. The van der Waals surface area contributed by atoms with Crippen molar-refractivity contribution < 1.29 is 4.79 Å². The number of rotatable bonds is 6. The Kier molecular flexibility index (Phi) is 5.96. The molecule has 1 aromatic heterocycles. The number of hydrogen-bond acceptors (Lipinski definition) is 2. The molecule has 4 nitrogen and oxygen atoms in total. The first-order valence-electron chi connectivity index (χ1n) is 8.53. The molecule has 1 heterocycles. The topological polar surface area (TPSA) is 51.1 Å². The van der Waals surface area contributed by atoms with Gasteiger partial charge in [-0.05, 0) is 38.8 Å². The van der Waals surface area contributed by atoms with E-state index >= 15 is 0 Å². The van der Waals surface area contributed by atoms with E-state index in [0.29, 0.717) is 0 Å². The summed E-state index contributed by atoms with van der Waals surface area (Å²) in [6.45, 7) is 8.69. The average Bonchev–Trinajstić information content (AvgIpc) is 2.52. The van der Waals surface area contributed by atoms with Gasteiger partial charge in [-0.3, -0.25) is 9.59 Å². The van der Waals surface area contributed by atoms with E-state index in [-0.39, 0.29) is 16.9 Å². The summed E-state index contributed by atoms with van der Waals surface area (Å²) >= 11 is 0. The number of nitrogens with one attached hydrogen (secondary N) is 1. The molecular formula is C20H26N2O2. The van der Waals surface area contributed by atoms with E-state index in [4.69, 9.17) is 0 Å². The number of anilines is 1. The average molecular weight is 326 g/mol. The van der Waals surface area contributed by atoms with Crippen LogP contribution in [0.3, 0.4) is 0 Å². The van der Waals surface area contributed by atoms with Crippen LogP contribution in [0.5, 0.6) is 0 Å². The molecule has 1 amide bonds. The summed E-state index contributed by atoms with van der Waals surface area (Å²) in [6, 6.07) is 9.12. The lowest BCUT2D eigenvalue weighted by Crippen LogP contribution is -2.27. The van der Waals surface area contributed by atoms with E-state index < -0.39 is 0 Å². The van der Waals surface area contributed by atoms with Crippen molar-refractivity contribution in [2.24, 2.45) is 0 Å². The Labute approximate surface area is 143 Å². The van der Waals surface area contributed by atoms with Crippen LogP contribution in [-0.4, -0.2) is 10.5 Å². The van der Waals surface area contributed by atoms with Gasteiger partial charge in [0.2, 0.25) is 0 Å². The van der Waals surface area contributed by atoms with Crippen molar-refractivity contribution in [1.29, 1.82) is 0 Å². The molecule has 4 heteroatoms. The second kappa shape index (κ2) is 7.95. The molecule has 0 aliphatic rings. The zero-order valence-corrected chi connectivity index (χ0v) is 15.0. The molecule has 2 rings (SSSR count). The minimum atomic E-state index is -0.337. The number of aromatic nitrogens is 1. The molecule has 0 radical (unpaired) electrons. The Hall–Kier alpha value is -2.36. The monoisotopic (exact) mass is 326 g/mol. The molecule has 0 saturated carbocycles. The number of nitrogens with zero attached hydrogens (tertiary/aromatic N) is 1. The van der Waals surface area contributed by atoms with E-state index in [1.54, 1.807) is 6.07 Å². The Morgan fingerprint density at radius 2 is 1.83 bits per heavy atom. The molecular weight excluding hydrogens is 300 g/mol. The van der Waals surface area contributed by atoms with Crippen LogP contribution in [0.2, 0.25) is 0 Å². The summed E-state index contributed by atoms with van der Waals surface area (Å²) in [5.41, 5.74) is 3.37. The molecule has 1 aromatic carbocycles. The van der Waals surface area contributed by atoms with Crippen LogP contribution in [0.15, 0.2) is 35.1 Å². The fourth-order valence-electron chi connectivity index (χ4n) is 2.96. The van der Waals surface area contributed by atoms with Gasteiger partial charge in [-0.1, -0.05) is 38.0 Å². The molecule has 24 heavy (non-hydrogen) atoms. The fraction of sp³-hybridized carbons (Fsp3) is 0.400. The number of carbonyl (C=O) groups excluding carboxylic acids is 1. The lowest BCUT2D eigenvalue weighted by atomic mass is 10.1. The first-order chi connectivity index (χ1) is 11.5. The van der Waals surface area contributed by atoms with E-state index in [0.717, 1.165) is 48.4 Å². The van der Waals surface area contributed by atoms with Gasteiger partial charge in [0.1, 0.15) is 5.56 Å². The fourth-order valence-corrected chi connectivity index (χ4v) is 2.96. The van der Waals surface area contributed by atoms with Crippen molar-refractivity contribution in [1.82, 2.24) is 4.57 Å². The molecule has 0 atom stereocenters. The summed E-state index contributed by atoms with van der Waals surface area (Å²) in [6.07, 6.45) is 3.31. The van der Waals surface area contributed by atoms with E-state index in [2.05, 4.69) is 16.8 Å². The van der Waals surface area contributed by atoms with Gasteiger partial charge in [-0.25, -0.2) is 0 Å². The highest BCUT2D eigenvalue weighted by atomic mass is 16.2. The van der Waals surface area contributed by atoms with Gasteiger partial charge in [0.25, 0.3) is 5.91 Å². The predicted molar refractivity (Wildman–Crippen MR) is 98.8 cm³/mol. The lowest BCUT2D eigenvalue weighted by Gasteiger charge is -2.17. The van der Waals surface area contributed by atoms with Gasteiger partial charge in [-0.15, -0.1) is 0 Å². The smallest absolute Gasteiger partial charge is 0.261 e. The van der Waals surface area contributed by atoms with Gasteiger partial charge in [-0.2, -0.15) is 0 Å². The van der Waals surface area contributed by atoms with Crippen molar-refractivity contribution in [3.63, 3.8) is 0 Å². The summed E-state index contributed by atoms with van der Waals surface area (Å²) < 4.78 is 2.07. The standard InChI is InChI=1S/C20H26N2O2/c1-5-6-9-12-22-15(3)13-18(23)19(16(22)4)20(24)21-17-11-8-7-10-14(17)2/h7-8,10-11,13H,5-6,9,12H2,1-4H3,(H,21,24). The highest BCUT2D eigenvalue weighted by Gasteiger charge is 2.18.